The second kappa shape index (κ2) is 10.2. The number of aromatic amines is 1. The highest BCUT2D eigenvalue weighted by atomic mass is 32.2. The molecule has 7 heteroatoms. The fraction of sp³-hybridized carbons (Fsp3) is 0.148. The van der Waals surface area contributed by atoms with Crippen LogP contribution in [0, 0.1) is 25.4 Å². The summed E-state index contributed by atoms with van der Waals surface area (Å²) in [5, 5.41) is 1.86. The molecule has 0 atom stereocenters. The van der Waals surface area contributed by atoms with E-state index in [2.05, 4.69) is 9.97 Å². The summed E-state index contributed by atoms with van der Waals surface area (Å²) in [4.78, 5) is 21.6. The highest BCUT2D eigenvalue weighted by molar-refractivity contribution is 7.98. The first kappa shape index (κ1) is 24.3. The zero-order chi connectivity index (χ0) is 24.3. The molecule has 0 amide bonds. The summed E-state index contributed by atoms with van der Waals surface area (Å²) in [6.45, 7) is 5.77. The third-order valence-corrected chi connectivity index (χ3v) is 9.56. The molecular weight excluding hydrogens is 479 g/mol. The molecule has 1 N–H and O–H groups in total. The third-order valence-electron chi connectivity index (χ3n) is 5.56. The predicted molar refractivity (Wildman–Crippen MR) is 144 cm³/mol. The van der Waals surface area contributed by atoms with Crippen molar-refractivity contribution in [3.8, 4) is 0 Å². The van der Waals surface area contributed by atoms with Gasteiger partial charge in [0.1, 0.15) is 4.64 Å². The Bertz CT molecular complexity index is 1380. The summed E-state index contributed by atoms with van der Waals surface area (Å²) in [7, 11) is -3.55. The maximum absolute atomic E-state index is 14.5. The average molecular weight is 505 g/mol. The Labute approximate surface area is 209 Å². The van der Waals surface area contributed by atoms with Gasteiger partial charge in [0.05, 0.1) is 0 Å². The van der Waals surface area contributed by atoms with E-state index in [0.717, 1.165) is 27.5 Å². The normalized spacial score (nSPS) is 11.4. The molecule has 0 unspecified atom stereocenters. The van der Waals surface area contributed by atoms with Crippen LogP contribution in [0.5, 0.6) is 0 Å². The van der Waals surface area contributed by atoms with E-state index in [9.17, 15) is 9.36 Å². The molecule has 4 rings (SSSR count). The number of carbonyl (C=O) groups is 1. The SMILES string of the molecule is Cc1cc(=S)nc(SCc2cc(C)c(C(=O)P(=O)(c3ccccc3)c3ccccc3)c(C)c2)[nH]1. The van der Waals surface area contributed by atoms with E-state index >= 15 is 0 Å². The second-order valence-corrected chi connectivity index (χ2v) is 12.2. The first-order valence-electron chi connectivity index (χ1n) is 10.9. The Morgan fingerprint density at radius 1 is 0.912 bits per heavy atom. The van der Waals surface area contributed by atoms with E-state index < -0.39 is 7.14 Å². The molecule has 4 nitrogen and oxygen atoms in total. The molecule has 0 saturated heterocycles. The molecule has 0 bridgehead atoms. The van der Waals surface area contributed by atoms with Crippen LogP contribution >= 0.6 is 31.1 Å². The number of carbonyl (C=O) groups excluding carboxylic acids is 1. The lowest BCUT2D eigenvalue weighted by Gasteiger charge is -2.21. The number of aryl methyl sites for hydroxylation is 3. The minimum Gasteiger partial charge on any atom is -0.338 e. The van der Waals surface area contributed by atoms with Crippen LogP contribution < -0.4 is 10.6 Å². The molecule has 0 fully saturated rings. The van der Waals surface area contributed by atoms with Crippen LogP contribution in [0.15, 0.2) is 84.0 Å². The third kappa shape index (κ3) is 5.00. The Morgan fingerprint density at radius 2 is 1.44 bits per heavy atom. The van der Waals surface area contributed by atoms with E-state index in [4.69, 9.17) is 12.2 Å². The molecule has 1 heterocycles. The summed E-state index contributed by atoms with van der Waals surface area (Å²) in [6, 6.07) is 23.9. The van der Waals surface area contributed by atoms with Crippen molar-refractivity contribution in [2.24, 2.45) is 0 Å². The van der Waals surface area contributed by atoms with Crippen LogP contribution in [-0.2, 0) is 10.3 Å². The van der Waals surface area contributed by atoms with Gasteiger partial charge in [0, 0.05) is 27.6 Å². The number of aromatic nitrogens is 2. The second-order valence-electron chi connectivity index (χ2n) is 8.19. The lowest BCUT2D eigenvalue weighted by atomic mass is 10.0. The van der Waals surface area contributed by atoms with Crippen molar-refractivity contribution in [1.29, 1.82) is 0 Å². The summed E-state index contributed by atoms with van der Waals surface area (Å²) in [5.41, 5.74) is 3.86. The van der Waals surface area contributed by atoms with Gasteiger partial charge in [-0.2, -0.15) is 0 Å². The number of thioether (sulfide) groups is 1. The number of hydrogen-bond donors (Lipinski definition) is 1. The van der Waals surface area contributed by atoms with Gasteiger partial charge in [0.15, 0.2) is 5.16 Å². The molecule has 0 aliphatic carbocycles. The standard InChI is InChI=1S/C27H25N2O2PS2/c1-18-14-21(17-34-27-28-20(3)16-24(33)29-27)15-19(2)25(18)26(30)32(31,22-10-6-4-7-11-22)23-12-8-5-9-13-23/h4-16H,17H2,1-3H3,(H,28,29,33). The number of nitrogens with one attached hydrogen (secondary N) is 1. The smallest absolute Gasteiger partial charge is 0.230 e. The minimum absolute atomic E-state index is 0.330. The Kier molecular flexibility index (Phi) is 7.32. The Balaban J connectivity index is 1.71. The zero-order valence-corrected chi connectivity index (χ0v) is 21.8. The van der Waals surface area contributed by atoms with Gasteiger partial charge in [0.2, 0.25) is 12.7 Å². The first-order chi connectivity index (χ1) is 16.3. The van der Waals surface area contributed by atoms with E-state index in [0.29, 0.717) is 26.6 Å². The van der Waals surface area contributed by atoms with Gasteiger partial charge < -0.3 is 9.55 Å². The molecule has 0 spiro atoms. The highest BCUT2D eigenvalue weighted by Gasteiger charge is 2.37. The lowest BCUT2D eigenvalue weighted by Crippen LogP contribution is -2.23. The molecular formula is C27H25N2O2PS2. The molecule has 0 aliphatic heterocycles. The largest absolute Gasteiger partial charge is 0.338 e. The molecule has 34 heavy (non-hydrogen) atoms. The number of H-pyrrole nitrogens is 1. The van der Waals surface area contributed by atoms with Crippen LogP contribution in [0.2, 0.25) is 0 Å². The predicted octanol–water partition coefficient (Wildman–Crippen LogP) is 6.51. The summed E-state index contributed by atoms with van der Waals surface area (Å²) in [5.74, 6) is 0.674. The maximum atomic E-state index is 14.5. The van der Waals surface area contributed by atoms with Crippen molar-refractivity contribution in [2.45, 2.75) is 31.7 Å². The average Bonchev–Trinajstić information content (AvgIpc) is 2.82. The summed E-state index contributed by atoms with van der Waals surface area (Å²) < 4.78 is 15.1. The van der Waals surface area contributed by atoms with Gasteiger partial charge in [0.25, 0.3) is 0 Å². The lowest BCUT2D eigenvalue weighted by molar-refractivity contribution is 0.107. The zero-order valence-electron chi connectivity index (χ0n) is 19.2. The molecule has 3 aromatic carbocycles. The van der Waals surface area contributed by atoms with Crippen molar-refractivity contribution in [2.75, 3.05) is 0 Å². The van der Waals surface area contributed by atoms with Crippen molar-refractivity contribution in [3.63, 3.8) is 0 Å². The summed E-state index contributed by atoms with van der Waals surface area (Å²) >= 11 is 6.77. The van der Waals surface area contributed by atoms with Gasteiger partial charge in [-0.1, -0.05) is 96.8 Å². The van der Waals surface area contributed by atoms with E-state index in [1.807, 2.05) is 75.4 Å². The van der Waals surface area contributed by atoms with Gasteiger partial charge in [-0.3, -0.25) is 4.79 Å². The van der Waals surface area contributed by atoms with Crippen molar-refractivity contribution >= 4 is 47.3 Å². The minimum atomic E-state index is -3.55. The first-order valence-corrected chi connectivity index (χ1v) is 14.0. The fourth-order valence-electron chi connectivity index (χ4n) is 4.06. The van der Waals surface area contributed by atoms with E-state index in [1.54, 1.807) is 36.0 Å². The van der Waals surface area contributed by atoms with Crippen LogP contribution in [0.4, 0.5) is 0 Å². The highest BCUT2D eigenvalue weighted by Crippen LogP contribution is 2.48. The van der Waals surface area contributed by atoms with Crippen LogP contribution in [0.3, 0.4) is 0 Å². The molecule has 4 aromatic rings. The molecule has 1 aromatic heterocycles. The number of rotatable bonds is 7. The van der Waals surface area contributed by atoms with Gasteiger partial charge in [-0.05, 0) is 43.5 Å². The van der Waals surface area contributed by atoms with Crippen molar-refractivity contribution in [3.05, 3.63) is 111 Å². The number of benzene rings is 3. The van der Waals surface area contributed by atoms with Crippen LogP contribution in [-0.4, -0.2) is 15.5 Å². The van der Waals surface area contributed by atoms with Crippen molar-refractivity contribution in [1.82, 2.24) is 9.97 Å². The van der Waals surface area contributed by atoms with Gasteiger partial charge in [-0.15, -0.1) is 0 Å². The fourth-order valence-corrected chi connectivity index (χ4v) is 7.87. The Morgan fingerprint density at radius 3 is 1.94 bits per heavy atom. The number of hydrogen-bond acceptors (Lipinski definition) is 5. The number of nitrogens with zero attached hydrogens (tertiary/aromatic N) is 1. The van der Waals surface area contributed by atoms with E-state index in [-0.39, 0.29) is 5.52 Å². The van der Waals surface area contributed by atoms with Crippen LogP contribution in [0.25, 0.3) is 0 Å². The van der Waals surface area contributed by atoms with Crippen LogP contribution in [0.1, 0.15) is 32.7 Å². The molecule has 172 valence electrons. The Hall–Kier alpha value is -2.79. The van der Waals surface area contributed by atoms with E-state index in [1.165, 1.54) is 0 Å². The topological polar surface area (TPSA) is 62.8 Å². The van der Waals surface area contributed by atoms with Crippen molar-refractivity contribution < 1.29 is 9.36 Å². The molecule has 0 saturated carbocycles. The quantitative estimate of drug-likeness (QED) is 0.135. The molecule has 0 aliphatic rings. The van der Waals surface area contributed by atoms with Gasteiger partial charge in [-0.25, -0.2) is 4.98 Å². The monoisotopic (exact) mass is 504 g/mol. The maximum Gasteiger partial charge on any atom is 0.230 e. The van der Waals surface area contributed by atoms with Gasteiger partial charge >= 0.3 is 0 Å². The molecule has 0 radical (unpaired) electrons. The summed E-state index contributed by atoms with van der Waals surface area (Å²) in [6.07, 6.45) is 0.